The van der Waals surface area contributed by atoms with Crippen LogP contribution in [0.15, 0.2) is 12.3 Å². The first kappa shape index (κ1) is 15.0. The molecule has 1 aliphatic heterocycles. The van der Waals surface area contributed by atoms with E-state index < -0.39 is 0 Å². The first-order valence-electron chi connectivity index (χ1n) is 7.78. The van der Waals surface area contributed by atoms with E-state index in [9.17, 15) is 4.79 Å². The highest BCUT2D eigenvalue weighted by molar-refractivity contribution is 5.76. The van der Waals surface area contributed by atoms with Crippen molar-refractivity contribution in [3.05, 3.63) is 18.0 Å². The summed E-state index contributed by atoms with van der Waals surface area (Å²) in [5, 5.41) is 7.04. The van der Waals surface area contributed by atoms with Crippen molar-refractivity contribution in [3.63, 3.8) is 0 Å². The maximum absolute atomic E-state index is 12.2. The fourth-order valence-corrected chi connectivity index (χ4v) is 2.88. The van der Waals surface area contributed by atoms with E-state index in [-0.39, 0.29) is 0 Å². The van der Waals surface area contributed by atoms with Gasteiger partial charge in [-0.25, -0.2) is 0 Å². The van der Waals surface area contributed by atoms with Gasteiger partial charge in [0.2, 0.25) is 5.91 Å². The van der Waals surface area contributed by atoms with Gasteiger partial charge in [-0.3, -0.25) is 9.89 Å². The Labute approximate surface area is 120 Å². The Morgan fingerprint density at radius 3 is 3.00 bits per heavy atom. The van der Waals surface area contributed by atoms with Gasteiger partial charge in [0.25, 0.3) is 0 Å². The molecule has 1 fully saturated rings. The number of nitrogens with two attached hydrogens (primary N) is 1. The van der Waals surface area contributed by atoms with Crippen LogP contribution in [0.4, 0.5) is 0 Å². The number of hydrogen-bond acceptors (Lipinski definition) is 3. The van der Waals surface area contributed by atoms with Crippen molar-refractivity contribution in [1.82, 2.24) is 15.1 Å². The third-order valence-electron chi connectivity index (χ3n) is 4.08. The van der Waals surface area contributed by atoms with E-state index in [1.807, 2.05) is 11.0 Å². The van der Waals surface area contributed by atoms with Crippen molar-refractivity contribution in [2.45, 2.75) is 50.9 Å². The van der Waals surface area contributed by atoms with Crippen molar-refractivity contribution in [3.8, 4) is 0 Å². The summed E-state index contributed by atoms with van der Waals surface area (Å²) < 4.78 is 0. The summed E-state index contributed by atoms with van der Waals surface area (Å²) in [5.74, 6) is 0.731. The third-order valence-corrected chi connectivity index (χ3v) is 4.08. The molecule has 1 unspecified atom stereocenters. The van der Waals surface area contributed by atoms with Crippen LogP contribution in [-0.2, 0) is 4.79 Å². The van der Waals surface area contributed by atoms with Gasteiger partial charge in [0.05, 0.1) is 0 Å². The molecule has 0 radical (unpaired) electrons. The van der Waals surface area contributed by atoms with Gasteiger partial charge in [-0.1, -0.05) is 12.8 Å². The number of amides is 1. The Morgan fingerprint density at radius 2 is 2.25 bits per heavy atom. The largest absolute Gasteiger partial charge is 0.342 e. The highest BCUT2D eigenvalue weighted by Crippen LogP contribution is 2.25. The number of carbonyl (C=O) groups excluding carboxylic acids is 1. The van der Waals surface area contributed by atoms with Gasteiger partial charge in [0, 0.05) is 37.3 Å². The number of rotatable bonds is 7. The normalized spacial score (nSPS) is 19.2. The SMILES string of the molecule is NCCCCCCC(=O)N1CCCC(c2ccn[nH]2)C1. The lowest BCUT2D eigenvalue weighted by molar-refractivity contribution is -0.132. The van der Waals surface area contributed by atoms with Crippen molar-refractivity contribution in [1.29, 1.82) is 0 Å². The Bertz CT molecular complexity index is 391. The van der Waals surface area contributed by atoms with E-state index in [4.69, 9.17) is 5.73 Å². The zero-order chi connectivity index (χ0) is 14.2. The molecule has 5 nitrogen and oxygen atoms in total. The van der Waals surface area contributed by atoms with Gasteiger partial charge in [-0.05, 0) is 38.3 Å². The zero-order valence-electron chi connectivity index (χ0n) is 12.2. The molecule has 1 atom stereocenters. The zero-order valence-corrected chi connectivity index (χ0v) is 12.2. The van der Waals surface area contributed by atoms with E-state index in [1.165, 1.54) is 0 Å². The molecule has 20 heavy (non-hydrogen) atoms. The van der Waals surface area contributed by atoms with Crippen molar-refractivity contribution in [2.24, 2.45) is 5.73 Å². The molecular formula is C15H26N4O. The predicted octanol–water partition coefficient (Wildman–Crippen LogP) is 2.02. The minimum atomic E-state index is 0.307. The number of carbonyl (C=O) groups is 1. The standard InChI is InChI=1S/C15H26N4O/c16-9-4-2-1-3-7-15(20)19-11-5-6-13(12-19)14-8-10-17-18-14/h8,10,13H,1-7,9,11-12,16H2,(H,17,18). The summed E-state index contributed by atoms with van der Waals surface area (Å²) in [4.78, 5) is 14.2. The van der Waals surface area contributed by atoms with Crippen LogP contribution in [0.2, 0.25) is 0 Å². The molecule has 2 rings (SSSR count). The topological polar surface area (TPSA) is 75.0 Å². The number of nitrogens with zero attached hydrogens (tertiary/aromatic N) is 2. The van der Waals surface area contributed by atoms with Gasteiger partial charge in [-0.15, -0.1) is 0 Å². The molecule has 1 aliphatic rings. The van der Waals surface area contributed by atoms with Gasteiger partial charge in [0.15, 0.2) is 0 Å². The molecule has 3 N–H and O–H groups in total. The summed E-state index contributed by atoms with van der Waals surface area (Å²) in [6.07, 6.45) is 9.00. The van der Waals surface area contributed by atoms with E-state index in [0.717, 1.165) is 63.9 Å². The van der Waals surface area contributed by atoms with Gasteiger partial charge >= 0.3 is 0 Å². The first-order chi connectivity index (χ1) is 9.81. The van der Waals surface area contributed by atoms with Crippen LogP contribution in [0.5, 0.6) is 0 Å². The number of unbranched alkanes of at least 4 members (excludes halogenated alkanes) is 3. The maximum Gasteiger partial charge on any atom is 0.222 e. The van der Waals surface area contributed by atoms with Crippen LogP contribution in [-0.4, -0.2) is 40.6 Å². The smallest absolute Gasteiger partial charge is 0.222 e. The number of nitrogens with one attached hydrogen (secondary N) is 1. The minimum absolute atomic E-state index is 0.307. The van der Waals surface area contributed by atoms with Crippen molar-refractivity contribution in [2.75, 3.05) is 19.6 Å². The molecule has 112 valence electrons. The van der Waals surface area contributed by atoms with E-state index in [1.54, 1.807) is 6.20 Å². The Morgan fingerprint density at radius 1 is 1.40 bits per heavy atom. The lowest BCUT2D eigenvalue weighted by atomic mass is 9.94. The van der Waals surface area contributed by atoms with Gasteiger partial charge in [0.1, 0.15) is 0 Å². The lowest BCUT2D eigenvalue weighted by Crippen LogP contribution is -2.39. The fraction of sp³-hybridized carbons (Fsp3) is 0.733. The second-order valence-corrected chi connectivity index (χ2v) is 5.64. The fourth-order valence-electron chi connectivity index (χ4n) is 2.88. The summed E-state index contributed by atoms with van der Waals surface area (Å²) in [6.45, 7) is 2.50. The monoisotopic (exact) mass is 278 g/mol. The second-order valence-electron chi connectivity index (χ2n) is 5.64. The summed E-state index contributed by atoms with van der Waals surface area (Å²) in [7, 11) is 0. The molecule has 1 saturated heterocycles. The molecule has 1 amide bonds. The lowest BCUT2D eigenvalue weighted by Gasteiger charge is -2.32. The molecule has 0 aliphatic carbocycles. The third kappa shape index (κ3) is 4.34. The first-order valence-corrected chi connectivity index (χ1v) is 7.78. The van der Waals surface area contributed by atoms with E-state index in [2.05, 4.69) is 10.2 Å². The number of H-pyrrole nitrogens is 1. The maximum atomic E-state index is 12.2. The molecule has 0 spiro atoms. The molecule has 0 bridgehead atoms. The molecule has 1 aromatic rings. The molecule has 0 aromatic carbocycles. The highest BCUT2D eigenvalue weighted by Gasteiger charge is 2.24. The Kier molecular flexibility index (Phi) is 6.05. The number of aromatic nitrogens is 2. The van der Waals surface area contributed by atoms with Crippen molar-refractivity contribution >= 4 is 5.91 Å². The van der Waals surface area contributed by atoms with Crippen LogP contribution in [0.1, 0.15) is 56.6 Å². The summed E-state index contributed by atoms with van der Waals surface area (Å²) >= 11 is 0. The minimum Gasteiger partial charge on any atom is -0.342 e. The van der Waals surface area contributed by atoms with E-state index in [0.29, 0.717) is 18.2 Å². The van der Waals surface area contributed by atoms with Crippen molar-refractivity contribution < 1.29 is 4.79 Å². The highest BCUT2D eigenvalue weighted by atomic mass is 16.2. The second kappa shape index (κ2) is 8.04. The van der Waals surface area contributed by atoms with Crippen LogP contribution in [0.3, 0.4) is 0 Å². The number of aromatic amines is 1. The van der Waals surface area contributed by atoms with Gasteiger partial charge < -0.3 is 10.6 Å². The summed E-state index contributed by atoms with van der Waals surface area (Å²) in [5.41, 5.74) is 6.62. The molecule has 2 heterocycles. The van der Waals surface area contributed by atoms with Crippen LogP contribution in [0.25, 0.3) is 0 Å². The van der Waals surface area contributed by atoms with E-state index >= 15 is 0 Å². The Balaban J connectivity index is 1.73. The van der Waals surface area contributed by atoms with Crippen LogP contribution < -0.4 is 5.73 Å². The molecule has 0 saturated carbocycles. The molecule has 5 heteroatoms. The predicted molar refractivity (Wildman–Crippen MR) is 79.3 cm³/mol. The molecular weight excluding hydrogens is 252 g/mol. The Hall–Kier alpha value is -1.36. The number of hydrogen-bond donors (Lipinski definition) is 2. The quantitative estimate of drug-likeness (QED) is 0.749. The summed E-state index contributed by atoms with van der Waals surface area (Å²) in [6, 6.07) is 2.02. The van der Waals surface area contributed by atoms with Crippen LogP contribution >= 0.6 is 0 Å². The number of piperidine rings is 1. The number of likely N-dealkylation sites (tertiary alicyclic amines) is 1. The average Bonchev–Trinajstić information content (AvgIpc) is 3.01. The average molecular weight is 278 g/mol. The van der Waals surface area contributed by atoms with Crippen LogP contribution in [0, 0.1) is 0 Å². The van der Waals surface area contributed by atoms with Gasteiger partial charge in [-0.2, -0.15) is 5.10 Å². The molecule has 1 aromatic heterocycles.